The molecule has 0 radical (unpaired) electrons. The number of methoxy groups -OCH3 is 2. The molecule has 0 bridgehead atoms. The molecule has 0 rings (SSSR count). The maximum atomic E-state index is 10.3. The molecule has 0 spiro atoms. The number of hydrogen-bond acceptors (Lipinski definition) is 5. The van der Waals surface area contributed by atoms with Crippen LogP contribution < -0.4 is 0 Å². The first-order valence-electron chi connectivity index (χ1n) is 5.74. The minimum absolute atomic E-state index is 0.132. The summed E-state index contributed by atoms with van der Waals surface area (Å²) < 4.78 is 19.4. The van der Waals surface area contributed by atoms with Gasteiger partial charge >= 0.3 is 5.97 Å². The second-order valence-electron chi connectivity index (χ2n) is 3.60. The highest BCUT2D eigenvalue weighted by Crippen LogP contribution is 1.90. The summed E-state index contributed by atoms with van der Waals surface area (Å²) in [5.41, 5.74) is 0. The first kappa shape index (κ1) is 18.7. The van der Waals surface area contributed by atoms with E-state index in [1.165, 1.54) is 6.92 Å². The lowest BCUT2D eigenvalue weighted by molar-refractivity contribution is -0.147. The van der Waals surface area contributed by atoms with Crippen molar-refractivity contribution in [2.45, 2.75) is 39.9 Å². The molecule has 0 heterocycles. The number of ether oxygens (including phenoxy) is 4. The second-order valence-corrected chi connectivity index (χ2v) is 3.60. The van der Waals surface area contributed by atoms with E-state index in [-0.39, 0.29) is 18.2 Å². The Hall–Kier alpha value is -0.650. The standard InChI is InChI=1S/C6H12O3.C6H14O2/c1-5(4-8-3)9-6(2)7;1-4-8-6(2)5-7-3/h5H,4H2,1-3H3;6H,4-5H2,1-3H3. The van der Waals surface area contributed by atoms with Crippen LogP contribution in [0.3, 0.4) is 0 Å². The third kappa shape index (κ3) is 17.9. The zero-order valence-corrected chi connectivity index (χ0v) is 11.8. The van der Waals surface area contributed by atoms with Gasteiger partial charge in [-0.25, -0.2) is 0 Å². The lowest BCUT2D eigenvalue weighted by Gasteiger charge is -2.08. The van der Waals surface area contributed by atoms with Crippen molar-refractivity contribution in [3.05, 3.63) is 0 Å². The van der Waals surface area contributed by atoms with Gasteiger partial charge < -0.3 is 18.9 Å². The van der Waals surface area contributed by atoms with E-state index >= 15 is 0 Å². The highest BCUT2D eigenvalue weighted by Gasteiger charge is 2.02. The Kier molecular flexibility index (Phi) is 14.8. The van der Waals surface area contributed by atoms with Crippen molar-refractivity contribution in [2.75, 3.05) is 34.0 Å². The quantitative estimate of drug-likeness (QED) is 0.643. The summed E-state index contributed by atoms with van der Waals surface area (Å²) in [6.45, 7) is 9.05. The highest BCUT2D eigenvalue weighted by atomic mass is 16.6. The van der Waals surface area contributed by atoms with Gasteiger partial charge in [-0.3, -0.25) is 4.79 Å². The lowest BCUT2D eigenvalue weighted by atomic mass is 10.4. The molecule has 0 aromatic heterocycles. The van der Waals surface area contributed by atoms with E-state index < -0.39 is 0 Å². The van der Waals surface area contributed by atoms with E-state index in [1.807, 2.05) is 13.8 Å². The van der Waals surface area contributed by atoms with Gasteiger partial charge in [-0.15, -0.1) is 0 Å². The predicted octanol–water partition coefficient (Wildman–Crippen LogP) is 1.64. The average Bonchev–Trinajstić information content (AvgIpc) is 2.18. The van der Waals surface area contributed by atoms with Crippen molar-refractivity contribution in [3.63, 3.8) is 0 Å². The molecule has 0 amide bonds. The Labute approximate surface area is 104 Å². The van der Waals surface area contributed by atoms with Gasteiger partial charge in [-0.05, 0) is 20.8 Å². The molecule has 5 nitrogen and oxygen atoms in total. The zero-order valence-electron chi connectivity index (χ0n) is 11.8. The SMILES string of the molecule is CCOC(C)COC.COCC(C)OC(C)=O. The van der Waals surface area contributed by atoms with Crippen LogP contribution in [-0.4, -0.2) is 52.2 Å². The fraction of sp³-hybridized carbons (Fsp3) is 0.917. The fourth-order valence-electron chi connectivity index (χ4n) is 1.12. The minimum Gasteiger partial charge on any atom is -0.460 e. The monoisotopic (exact) mass is 250 g/mol. The van der Waals surface area contributed by atoms with Crippen LogP contribution in [-0.2, 0) is 23.7 Å². The highest BCUT2D eigenvalue weighted by molar-refractivity contribution is 5.66. The van der Waals surface area contributed by atoms with E-state index in [0.29, 0.717) is 13.2 Å². The van der Waals surface area contributed by atoms with Crippen molar-refractivity contribution in [2.24, 2.45) is 0 Å². The van der Waals surface area contributed by atoms with Crippen molar-refractivity contribution in [3.8, 4) is 0 Å². The number of carbonyl (C=O) groups excluding carboxylic acids is 1. The van der Waals surface area contributed by atoms with Gasteiger partial charge in [-0.2, -0.15) is 0 Å². The molecule has 0 aliphatic heterocycles. The summed E-state index contributed by atoms with van der Waals surface area (Å²) in [5.74, 6) is -0.264. The fourth-order valence-corrected chi connectivity index (χ4v) is 1.12. The van der Waals surface area contributed by atoms with E-state index in [9.17, 15) is 4.79 Å². The molecule has 0 aliphatic carbocycles. The Bertz CT molecular complexity index is 166. The average molecular weight is 250 g/mol. The molecule has 0 aromatic carbocycles. The van der Waals surface area contributed by atoms with Gasteiger partial charge in [-0.1, -0.05) is 0 Å². The Balaban J connectivity index is 0. The molecule has 0 N–H and O–H groups in total. The van der Waals surface area contributed by atoms with Gasteiger partial charge in [0.15, 0.2) is 0 Å². The van der Waals surface area contributed by atoms with Crippen molar-refractivity contribution >= 4 is 5.97 Å². The topological polar surface area (TPSA) is 54.0 Å². The van der Waals surface area contributed by atoms with Crippen LogP contribution in [0.1, 0.15) is 27.7 Å². The van der Waals surface area contributed by atoms with Gasteiger partial charge in [0, 0.05) is 27.8 Å². The number of carbonyl (C=O) groups is 1. The van der Waals surface area contributed by atoms with Crippen LogP contribution in [0, 0.1) is 0 Å². The Morgan fingerprint density at radius 1 is 1.06 bits per heavy atom. The second kappa shape index (κ2) is 13.4. The van der Waals surface area contributed by atoms with Crippen LogP contribution in [0.15, 0.2) is 0 Å². The van der Waals surface area contributed by atoms with Gasteiger partial charge in [0.25, 0.3) is 0 Å². The lowest BCUT2D eigenvalue weighted by Crippen LogP contribution is -2.17. The van der Waals surface area contributed by atoms with Gasteiger partial charge in [0.1, 0.15) is 6.10 Å². The van der Waals surface area contributed by atoms with Crippen molar-refractivity contribution < 1.29 is 23.7 Å². The van der Waals surface area contributed by atoms with Gasteiger partial charge in [0.2, 0.25) is 0 Å². The van der Waals surface area contributed by atoms with Crippen molar-refractivity contribution in [1.29, 1.82) is 0 Å². The number of esters is 1. The Morgan fingerprint density at radius 2 is 1.53 bits per heavy atom. The molecule has 0 aromatic rings. The number of hydrogen-bond donors (Lipinski definition) is 0. The normalized spacial score (nSPS) is 13.3. The maximum absolute atomic E-state index is 10.3. The summed E-state index contributed by atoms with van der Waals surface area (Å²) in [7, 11) is 3.25. The molecule has 0 saturated carbocycles. The molecule has 0 aliphatic rings. The largest absolute Gasteiger partial charge is 0.460 e. The van der Waals surface area contributed by atoms with Crippen LogP contribution in [0.25, 0.3) is 0 Å². The zero-order chi connectivity index (χ0) is 13.7. The molecule has 0 fully saturated rings. The summed E-state index contributed by atoms with van der Waals surface area (Å²) in [6, 6.07) is 0. The third-order valence-electron chi connectivity index (χ3n) is 1.62. The van der Waals surface area contributed by atoms with Crippen LogP contribution >= 0.6 is 0 Å². The van der Waals surface area contributed by atoms with E-state index in [0.717, 1.165) is 6.61 Å². The molecule has 2 unspecified atom stereocenters. The summed E-state index contributed by atoms with van der Waals surface area (Å²) in [6.07, 6.45) is 0.109. The predicted molar refractivity (Wildman–Crippen MR) is 66.1 cm³/mol. The van der Waals surface area contributed by atoms with Crippen LogP contribution in [0.5, 0.6) is 0 Å². The molecule has 104 valence electrons. The Morgan fingerprint density at radius 3 is 1.88 bits per heavy atom. The molecule has 0 saturated heterocycles. The molecule has 17 heavy (non-hydrogen) atoms. The first-order chi connectivity index (χ1) is 7.97. The summed E-state index contributed by atoms with van der Waals surface area (Å²) in [5, 5.41) is 0. The summed E-state index contributed by atoms with van der Waals surface area (Å²) in [4.78, 5) is 10.3. The molecular weight excluding hydrogens is 224 g/mol. The smallest absolute Gasteiger partial charge is 0.302 e. The van der Waals surface area contributed by atoms with Crippen LogP contribution in [0.4, 0.5) is 0 Å². The molecule has 5 heteroatoms. The third-order valence-corrected chi connectivity index (χ3v) is 1.62. The summed E-state index contributed by atoms with van der Waals surface area (Å²) >= 11 is 0. The van der Waals surface area contributed by atoms with Crippen molar-refractivity contribution in [1.82, 2.24) is 0 Å². The number of rotatable bonds is 7. The van der Waals surface area contributed by atoms with E-state index in [2.05, 4.69) is 0 Å². The van der Waals surface area contributed by atoms with Crippen LogP contribution in [0.2, 0.25) is 0 Å². The molecule has 2 atom stereocenters. The minimum atomic E-state index is -0.264. The molecular formula is C12H26O5. The first-order valence-corrected chi connectivity index (χ1v) is 5.74. The maximum Gasteiger partial charge on any atom is 0.302 e. The van der Waals surface area contributed by atoms with E-state index in [1.54, 1.807) is 21.1 Å². The van der Waals surface area contributed by atoms with E-state index in [4.69, 9.17) is 18.9 Å². The van der Waals surface area contributed by atoms with Gasteiger partial charge in [0.05, 0.1) is 19.3 Å².